The molecule has 0 aliphatic carbocycles. The number of nitrogens with one attached hydrogen (secondary N) is 1. The number of amides is 1. The smallest absolute Gasteiger partial charge is 0.240 e. The van der Waals surface area contributed by atoms with Gasteiger partial charge in [-0.2, -0.15) is 0 Å². The lowest BCUT2D eigenvalue weighted by molar-refractivity contribution is -0.132. The molecule has 0 bridgehead atoms. The number of carbonyl (C=O) groups is 1. The van der Waals surface area contributed by atoms with Crippen LogP contribution in [-0.2, 0) is 21.2 Å². The van der Waals surface area contributed by atoms with Gasteiger partial charge in [0.2, 0.25) is 15.9 Å². The summed E-state index contributed by atoms with van der Waals surface area (Å²) >= 11 is 0. The number of hydrogen-bond acceptors (Lipinski definition) is 5. The third-order valence-corrected chi connectivity index (χ3v) is 6.30. The topological polar surface area (TPSA) is 88.6 Å². The van der Waals surface area contributed by atoms with Crippen LogP contribution in [0.25, 0.3) is 0 Å². The van der Waals surface area contributed by atoms with Gasteiger partial charge in [0, 0.05) is 31.5 Å². The number of benzene rings is 1. The lowest BCUT2D eigenvalue weighted by Gasteiger charge is -2.33. The molecule has 0 saturated carbocycles. The van der Waals surface area contributed by atoms with Gasteiger partial charge in [0.15, 0.2) is 0 Å². The maximum absolute atomic E-state index is 12.5. The minimum atomic E-state index is -3.59. The second-order valence-electron chi connectivity index (χ2n) is 6.87. The fraction of sp³-hybridized carbons (Fsp3) is 0.400. The van der Waals surface area contributed by atoms with E-state index in [0.29, 0.717) is 25.4 Å². The first-order valence-corrected chi connectivity index (χ1v) is 10.8. The highest BCUT2D eigenvalue weighted by atomic mass is 32.2. The van der Waals surface area contributed by atoms with Crippen molar-refractivity contribution in [3.63, 3.8) is 0 Å². The molecule has 1 aliphatic rings. The highest BCUT2D eigenvalue weighted by Gasteiger charge is 2.25. The summed E-state index contributed by atoms with van der Waals surface area (Å²) < 4.78 is 32.7. The number of methoxy groups -OCH3 is 1. The number of carbonyl (C=O) groups excluding carboxylic acids is 1. The molecular formula is C20H25N3O4S. The van der Waals surface area contributed by atoms with Gasteiger partial charge in [0.25, 0.3) is 0 Å². The van der Waals surface area contributed by atoms with Crippen LogP contribution in [0.4, 0.5) is 0 Å². The van der Waals surface area contributed by atoms with Crippen molar-refractivity contribution in [1.82, 2.24) is 14.6 Å². The van der Waals surface area contributed by atoms with Crippen LogP contribution >= 0.6 is 0 Å². The van der Waals surface area contributed by atoms with Gasteiger partial charge in [0.05, 0.1) is 18.4 Å². The molecule has 8 heteroatoms. The number of ether oxygens (including phenoxy) is 1. The Bertz CT molecular complexity index is 885. The molecule has 0 spiro atoms. The van der Waals surface area contributed by atoms with E-state index in [1.165, 1.54) is 19.2 Å². The summed E-state index contributed by atoms with van der Waals surface area (Å²) in [7, 11) is -2.06. The zero-order valence-electron chi connectivity index (χ0n) is 15.9. The van der Waals surface area contributed by atoms with E-state index in [4.69, 9.17) is 4.74 Å². The number of sulfonamides is 1. The third kappa shape index (κ3) is 5.30. The number of likely N-dealkylation sites (tertiary alicyclic amines) is 1. The fourth-order valence-electron chi connectivity index (χ4n) is 3.29. The Balaban J connectivity index is 1.54. The standard InChI is InChI=1S/C20H25N3O4S/c1-27-18-7-9-19(10-8-18)28(25,26)22-14-16-5-4-12-23(15-16)20(24)13-17-6-2-3-11-21-17/h2-3,6-11,16,22H,4-5,12-15H2,1H3/t16-/m0/s1. The van der Waals surface area contributed by atoms with Gasteiger partial charge in [-0.25, -0.2) is 13.1 Å². The van der Waals surface area contributed by atoms with Crippen LogP contribution in [0.3, 0.4) is 0 Å². The van der Waals surface area contributed by atoms with E-state index in [1.807, 2.05) is 23.1 Å². The molecule has 1 fully saturated rings. The van der Waals surface area contributed by atoms with Gasteiger partial charge in [0.1, 0.15) is 5.75 Å². The first-order valence-electron chi connectivity index (χ1n) is 9.29. The number of pyridine rings is 1. The van der Waals surface area contributed by atoms with Crippen molar-refractivity contribution in [3.8, 4) is 5.75 Å². The normalized spacial score (nSPS) is 17.3. The summed E-state index contributed by atoms with van der Waals surface area (Å²) in [4.78, 5) is 18.7. The van der Waals surface area contributed by atoms with Gasteiger partial charge in [-0.05, 0) is 55.2 Å². The Morgan fingerprint density at radius 1 is 1.25 bits per heavy atom. The molecule has 7 nitrogen and oxygen atoms in total. The van der Waals surface area contributed by atoms with Crippen molar-refractivity contribution in [2.75, 3.05) is 26.7 Å². The molecule has 0 radical (unpaired) electrons. The molecule has 0 unspecified atom stereocenters. The quantitative estimate of drug-likeness (QED) is 0.762. The first kappa shape index (κ1) is 20.3. The third-order valence-electron chi connectivity index (χ3n) is 4.86. The van der Waals surface area contributed by atoms with E-state index >= 15 is 0 Å². The predicted molar refractivity (Wildman–Crippen MR) is 105 cm³/mol. The van der Waals surface area contributed by atoms with Gasteiger partial charge >= 0.3 is 0 Å². The number of nitrogens with zero attached hydrogens (tertiary/aromatic N) is 2. The molecule has 2 heterocycles. The van der Waals surface area contributed by atoms with Crippen molar-refractivity contribution in [2.24, 2.45) is 5.92 Å². The van der Waals surface area contributed by atoms with Gasteiger partial charge in [-0.1, -0.05) is 6.07 Å². The SMILES string of the molecule is COc1ccc(S(=O)(=O)NC[C@@H]2CCCN(C(=O)Cc3ccccn3)C2)cc1. The monoisotopic (exact) mass is 403 g/mol. The maximum Gasteiger partial charge on any atom is 0.240 e. The van der Waals surface area contributed by atoms with E-state index < -0.39 is 10.0 Å². The largest absolute Gasteiger partial charge is 0.497 e. The van der Waals surface area contributed by atoms with Crippen LogP contribution in [-0.4, -0.2) is 51.0 Å². The first-order chi connectivity index (χ1) is 13.5. The Morgan fingerprint density at radius 3 is 2.71 bits per heavy atom. The van der Waals surface area contributed by atoms with Crippen LogP contribution in [0.5, 0.6) is 5.75 Å². The van der Waals surface area contributed by atoms with Gasteiger partial charge in [-0.3, -0.25) is 9.78 Å². The molecule has 150 valence electrons. The molecule has 1 amide bonds. The molecule has 1 atom stereocenters. The van der Waals surface area contributed by atoms with E-state index in [2.05, 4.69) is 9.71 Å². The Morgan fingerprint density at radius 2 is 2.04 bits per heavy atom. The summed E-state index contributed by atoms with van der Waals surface area (Å²) in [6.07, 6.45) is 3.70. The molecule has 1 saturated heterocycles. The minimum absolute atomic E-state index is 0.0291. The lowest BCUT2D eigenvalue weighted by Crippen LogP contribution is -2.44. The van der Waals surface area contributed by atoms with Crippen molar-refractivity contribution in [1.29, 1.82) is 0 Å². The van der Waals surface area contributed by atoms with Gasteiger partial charge < -0.3 is 9.64 Å². The van der Waals surface area contributed by atoms with E-state index in [9.17, 15) is 13.2 Å². The maximum atomic E-state index is 12.5. The van der Waals surface area contributed by atoms with Crippen LogP contribution in [0.15, 0.2) is 53.6 Å². The molecule has 1 aromatic heterocycles. The summed E-state index contributed by atoms with van der Waals surface area (Å²) in [5.74, 6) is 0.726. The summed E-state index contributed by atoms with van der Waals surface area (Å²) in [5, 5.41) is 0. The van der Waals surface area contributed by atoms with Crippen molar-refractivity contribution < 1.29 is 17.9 Å². The second kappa shape index (κ2) is 9.16. The van der Waals surface area contributed by atoms with Crippen LogP contribution in [0, 0.1) is 5.92 Å². The summed E-state index contributed by atoms with van der Waals surface area (Å²) in [6.45, 7) is 1.56. The molecule has 1 aromatic carbocycles. The zero-order chi connectivity index (χ0) is 20.0. The average molecular weight is 404 g/mol. The summed E-state index contributed by atoms with van der Waals surface area (Å²) in [5.41, 5.74) is 0.745. The molecular weight excluding hydrogens is 378 g/mol. The van der Waals surface area contributed by atoms with Crippen molar-refractivity contribution in [2.45, 2.75) is 24.2 Å². The van der Waals surface area contributed by atoms with Crippen LogP contribution in [0.2, 0.25) is 0 Å². The highest BCUT2D eigenvalue weighted by molar-refractivity contribution is 7.89. The Kier molecular flexibility index (Phi) is 6.64. The van der Waals surface area contributed by atoms with Crippen molar-refractivity contribution in [3.05, 3.63) is 54.4 Å². The Labute approximate surface area is 165 Å². The minimum Gasteiger partial charge on any atom is -0.497 e. The van der Waals surface area contributed by atoms with E-state index in [-0.39, 0.29) is 23.1 Å². The lowest BCUT2D eigenvalue weighted by atomic mass is 9.98. The predicted octanol–water partition coefficient (Wildman–Crippen LogP) is 1.85. The fourth-order valence-corrected chi connectivity index (χ4v) is 4.41. The average Bonchev–Trinajstić information content (AvgIpc) is 2.73. The number of aromatic nitrogens is 1. The van der Waals surface area contributed by atoms with E-state index in [0.717, 1.165) is 18.5 Å². The van der Waals surface area contributed by atoms with Gasteiger partial charge in [-0.15, -0.1) is 0 Å². The van der Waals surface area contributed by atoms with E-state index in [1.54, 1.807) is 18.3 Å². The van der Waals surface area contributed by atoms with Crippen LogP contribution in [0.1, 0.15) is 18.5 Å². The number of hydrogen-bond donors (Lipinski definition) is 1. The molecule has 3 rings (SSSR count). The number of piperidine rings is 1. The summed E-state index contributed by atoms with van der Waals surface area (Å²) in [6, 6.07) is 11.8. The zero-order valence-corrected chi connectivity index (χ0v) is 16.7. The Hall–Kier alpha value is -2.45. The molecule has 1 aliphatic heterocycles. The molecule has 28 heavy (non-hydrogen) atoms. The molecule has 2 aromatic rings. The molecule has 1 N–H and O–H groups in total. The second-order valence-corrected chi connectivity index (χ2v) is 8.64. The van der Waals surface area contributed by atoms with Crippen molar-refractivity contribution >= 4 is 15.9 Å². The van der Waals surface area contributed by atoms with Crippen LogP contribution < -0.4 is 9.46 Å². The highest BCUT2D eigenvalue weighted by Crippen LogP contribution is 2.19. The number of rotatable bonds is 7.